The third-order valence-electron chi connectivity index (χ3n) is 8.93. The van der Waals surface area contributed by atoms with Crippen LogP contribution in [0.1, 0.15) is 61.0 Å². The normalized spacial score (nSPS) is 14.5. The second-order valence-electron chi connectivity index (χ2n) is 15.4. The van der Waals surface area contributed by atoms with Gasteiger partial charge in [-0.05, 0) is 37.9 Å². The Morgan fingerprint density at radius 2 is 1.49 bits per heavy atom. The molecular weight excluding hydrogens is 619 g/mol. The molecule has 10 heteroatoms. The van der Waals surface area contributed by atoms with E-state index in [0.29, 0.717) is 38.1 Å². The number of ether oxygens (including phenoxy) is 2. The van der Waals surface area contributed by atoms with E-state index in [-0.39, 0.29) is 11.7 Å². The maximum absolute atomic E-state index is 13.7. The lowest BCUT2D eigenvalue weighted by Gasteiger charge is -2.30. The molecule has 0 unspecified atom stereocenters. The fourth-order valence-corrected chi connectivity index (χ4v) is 7.61. The maximum Gasteiger partial charge on any atom is 0.165 e. The van der Waals surface area contributed by atoms with Gasteiger partial charge in [-0.3, -0.25) is 9.78 Å². The zero-order valence-corrected chi connectivity index (χ0v) is 31.5. The van der Waals surface area contributed by atoms with Crippen molar-refractivity contribution in [1.82, 2.24) is 19.6 Å². The number of aromatic nitrogens is 4. The molecule has 5 rings (SSSR count). The van der Waals surface area contributed by atoms with Gasteiger partial charge in [-0.25, -0.2) is 4.98 Å². The minimum Gasteiger partial charge on any atom is -0.361 e. The van der Waals surface area contributed by atoms with E-state index < -0.39 is 16.1 Å². The number of nitrogens with zero attached hydrogens (tertiary/aromatic N) is 5. The molecule has 1 fully saturated rings. The summed E-state index contributed by atoms with van der Waals surface area (Å²) in [6, 6.07) is 16.5. The summed E-state index contributed by atoms with van der Waals surface area (Å²) in [6.45, 7) is 17.8. The Morgan fingerprint density at radius 3 is 2.04 bits per heavy atom. The molecule has 0 saturated heterocycles. The molecule has 8 nitrogen and oxygen atoms in total. The number of carbonyl (C=O) groups excluding carboxylic acids is 1. The number of carbonyl (C=O) groups is 1. The summed E-state index contributed by atoms with van der Waals surface area (Å²) in [5.41, 5.74) is 6.07. The highest BCUT2D eigenvalue weighted by molar-refractivity contribution is 6.76. The van der Waals surface area contributed by atoms with Crippen molar-refractivity contribution < 1.29 is 14.3 Å². The predicted molar refractivity (Wildman–Crippen MR) is 198 cm³/mol. The van der Waals surface area contributed by atoms with E-state index in [9.17, 15) is 4.79 Å². The highest BCUT2D eigenvalue weighted by Crippen LogP contribution is 2.39. The fraction of sp³-hybridized carbons (Fsp3) is 0.514. The summed E-state index contributed by atoms with van der Waals surface area (Å²) in [5, 5.41) is 4.90. The van der Waals surface area contributed by atoms with Crippen molar-refractivity contribution in [2.45, 2.75) is 96.3 Å². The summed E-state index contributed by atoms with van der Waals surface area (Å²) in [4.78, 5) is 25.8. The number of hydrogen-bond acceptors (Lipinski definition) is 7. The minimum atomic E-state index is -1.28. The third kappa shape index (κ3) is 9.25. The Hall–Kier alpha value is -3.19. The van der Waals surface area contributed by atoms with Gasteiger partial charge in [0.2, 0.25) is 0 Å². The number of Topliss-reactive ketones (excluding diaryl/α,β-unsaturated/α-hetero) is 1. The molecule has 252 valence electrons. The van der Waals surface area contributed by atoms with Crippen molar-refractivity contribution in [2.24, 2.45) is 0 Å². The fourth-order valence-electron chi connectivity index (χ4n) is 6.10. The SMILES string of the molecule is CC(=O)c1c(C2CCCCC2)nc2c(-c3ccc(-c4ccccc4)nc3)cnn2c1N(COCC[Si](C)(C)C)COCC[Si](C)(C)C. The van der Waals surface area contributed by atoms with Crippen LogP contribution in [-0.2, 0) is 9.47 Å². The molecule has 1 aromatic carbocycles. The van der Waals surface area contributed by atoms with Gasteiger partial charge in [0.05, 0.1) is 23.1 Å². The van der Waals surface area contributed by atoms with Gasteiger partial charge in [0.25, 0.3) is 0 Å². The van der Waals surface area contributed by atoms with Crippen molar-refractivity contribution >= 4 is 33.4 Å². The van der Waals surface area contributed by atoms with Crippen molar-refractivity contribution in [2.75, 3.05) is 31.6 Å². The molecule has 0 bridgehead atoms. The van der Waals surface area contributed by atoms with E-state index >= 15 is 0 Å². The van der Waals surface area contributed by atoms with Crippen molar-refractivity contribution in [1.29, 1.82) is 0 Å². The van der Waals surface area contributed by atoms with Gasteiger partial charge in [-0.15, -0.1) is 0 Å². The summed E-state index contributed by atoms with van der Waals surface area (Å²) in [6.07, 6.45) is 9.32. The molecule has 1 aliphatic rings. The van der Waals surface area contributed by atoms with Crippen molar-refractivity contribution in [3.63, 3.8) is 0 Å². The predicted octanol–water partition coefficient (Wildman–Crippen LogP) is 9.14. The summed E-state index contributed by atoms with van der Waals surface area (Å²) in [7, 11) is -2.57. The Kier molecular flexibility index (Phi) is 11.5. The molecule has 1 aliphatic carbocycles. The monoisotopic (exact) mass is 671 g/mol. The van der Waals surface area contributed by atoms with Crippen LogP contribution in [0.2, 0.25) is 51.4 Å². The van der Waals surface area contributed by atoms with E-state index in [0.717, 1.165) is 71.5 Å². The molecule has 1 saturated carbocycles. The van der Waals surface area contributed by atoms with E-state index in [1.807, 2.05) is 41.2 Å². The van der Waals surface area contributed by atoms with Crippen LogP contribution in [0.15, 0.2) is 54.9 Å². The molecule has 0 N–H and O–H groups in total. The topological polar surface area (TPSA) is 81.9 Å². The molecule has 0 amide bonds. The average molecular weight is 672 g/mol. The summed E-state index contributed by atoms with van der Waals surface area (Å²) >= 11 is 0. The van der Waals surface area contributed by atoms with Crippen LogP contribution >= 0.6 is 0 Å². The Morgan fingerprint density at radius 1 is 0.851 bits per heavy atom. The number of benzene rings is 1. The first-order chi connectivity index (χ1) is 22.4. The molecule has 3 aromatic heterocycles. The zero-order valence-electron chi connectivity index (χ0n) is 29.5. The quantitative estimate of drug-likeness (QED) is 0.0540. The van der Waals surface area contributed by atoms with Crippen molar-refractivity contribution in [3.05, 3.63) is 66.1 Å². The first kappa shape index (κ1) is 35.1. The molecular formula is C37H53N5O3Si2. The average Bonchev–Trinajstić information content (AvgIpc) is 3.47. The second kappa shape index (κ2) is 15.4. The van der Waals surface area contributed by atoms with E-state index in [1.54, 1.807) is 6.92 Å². The van der Waals surface area contributed by atoms with Gasteiger partial charge in [-0.1, -0.05) is 94.9 Å². The maximum atomic E-state index is 13.7. The van der Waals surface area contributed by atoms with Crippen molar-refractivity contribution in [3.8, 4) is 22.4 Å². The van der Waals surface area contributed by atoms with Gasteiger partial charge in [0.15, 0.2) is 11.4 Å². The Labute approximate surface area is 282 Å². The number of pyridine rings is 1. The smallest absolute Gasteiger partial charge is 0.165 e. The van der Waals surface area contributed by atoms with Crippen LogP contribution in [0.4, 0.5) is 5.82 Å². The van der Waals surface area contributed by atoms with Gasteiger partial charge in [0, 0.05) is 58.2 Å². The van der Waals surface area contributed by atoms with E-state index in [2.05, 4.69) is 62.4 Å². The van der Waals surface area contributed by atoms with Crippen LogP contribution in [0.5, 0.6) is 0 Å². The summed E-state index contributed by atoms with van der Waals surface area (Å²) in [5.74, 6) is 0.925. The van der Waals surface area contributed by atoms with Gasteiger partial charge >= 0.3 is 0 Å². The molecule has 47 heavy (non-hydrogen) atoms. The van der Waals surface area contributed by atoms with Crippen LogP contribution in [0, 0.1) is 0 Å². The third-order valence-corrected chi connectivity index (χ3v) is 12.3. The van der Waals surface area contributed by atoms with Crippen LogP contribution in [0.3, 0.4) is 0 Å². The Bertz CT molecular complexity index is 1600. The standard InChI is InChI=1S/C37H53N5O3Si2/c1-28(43)34-35(30-16-12-9-13-17-30)40-36-32(31-18-19-33(38-24-31)29-14-10-8-11-15-29)25-39-42(36)37(34)41(26-44-20-22-46(2,3)4)27-45-21-23-47(5,6)7/h8,10-11,14-15,18-19,24-25,30H,9,12-13,16-17,20-23,26-27H2,1-7H3. The molecule has 0 spiro atoms. The highest BCUT2D eigenvalue weighted by atomic mass is 28.3. The molecule has 0 atom stereocenters. The number of fused-ring (bicyclic) bond motifs is 1. The molecule has 0 radical (unpaired) electrons. The summed E-state index contributed by atoms with van der Waals surface area (Å²) < 4.78 is 14.5. The lowest BCUT2D eigenvalue weighted by molar-refractivity contribution is 0.0931. The minimum absolute atomic E-state index is 0.00454. The van der Waals surface area contributed by atoms with E-state index in [1.165, 1.54) is 6.42 Å². The van der Waals surface area contributed by atoms with Gasteiger partial charge < -0.3 is 14.4 Å². The first-order valence-electron chi connectivity index (χ1n) is 17.3. The number of ketones is 1. The largest absolute Gasteiger partial charge is 0.361 e. The zero-order chi connectivity index (χ0) is 33.6. The lowest BCUT2D eigenvalue weighted by atomic mass is 9.84. The van der Waals surface area contributed by atoms with Crippen LogP contribution < -0.4 is 4.90 Å². The lowest BCUT2D eigenvalue weighted by Crippen LogP contribution is -2.35. The van der Waals surface area contributed by atoms with Crippen LogP contribution in [0.25, 0.3) is 28.0 Å². The number of anilines is 1. The molecule has 0 aliphatic heterocycles. The molecule has 3 heterocycles. The first-order valence-corrected chi connectivity index (χ1v) is 24.7. The van der Waals surface area contributed by atoms with Crippen LogP contribution in [-0.4, -0.2) is 68.2 Å². The number of hydrogen-bond donors (Lipinski definition) is 0. The Balaban J connectivity index is 1.60. The van der Waals surface area contributed by atoms with Gasteiger partial charge in [-0.2, -0.15) is 9.61 Å². The van der Waals surface area contributed by atoms with Gasteiger partial charge in [0.1, 0.15) is 19.3 Å². The molecule has 4 aromatic rings. The van der Waals surface area contributed by atoms with E-state index in [4.69, 9.17) is 24.5 Å². The number of rotatable bonds is 15. The second-order valence-corrected chi connectivity index (χ2v) is 26.7. The highest BCUT2D eigenvalue weighted by Gasteiger charge is 2.31.